The third-order valence-electron chi connectivity index (χ3n) is 3.92. The van der Waals surface area contributed by atoms with Gasteiger partial charge in [0.2, 0.25) is 0 Å². The van der Waals surface area contributed by atoms with Crippen LogP contribution in [0, 0.1) is 0 Å². The number of nitrogens with two attached hydrogens (primary N) is 1. The lowest BCUT2D eigenvalue weighted by Gasteiger charge is -2.27. The molecule has 0 bridgehead atoms. The molecule has 3 rings (SSSR count). The lowest BCUT2D eigenvalue weighted by Crippen LogP contribution is -2.38. The normalized spacial score (nSPS) is 18.2. The fourth-order valence-corrected chi connectivity index (χ4v) is 2.79. The summed E-state index contributed by atoms with van der Waals surface area (Å²) in [7, 11) is 0. The summed E-state index contributed by atoms with van der Waals surface area (Å²) in [6, 6.07) is 5.70. The molecular weight excluding hydrogens is 268 g/mol. The first-order chi connectivity index (χ1) is 10.1. The Morgan fingerprint density at radius 2 is 2.10 bits per heavy atom. The van der Waals surface area contributed by atoms with E-state index in [0.717, 1.165) is 50.4 Å². The van der Waals surface area contributed by atoms with Crippen molar-refractivity contribution in [3.63, 3.8) is 0 Å². The third kappa shape index (κ3) is 3.02. The number of aliphatic hydroxyl groups is 1. The lowest BCUT2D eigenvalue weighted by atomic mass is 10.3. The van der Waals surface area contributed by atoms with E-state index in [4.69, 9.17) is 10.5 Å². The Bertz CT molecular complexity index is 617. The number of imidazole rings is 1. The van der Waals surface area contributed by atoms with E-state index in [1.54, 1.807) is 6.92 Å². The summed E-state index contributed by atoms with van der Waals surface area (Å²) in [5.41, 5.74) is 8.37. The van der Waals surface area contributed by atoms with Crippen LogP contribution in [0.3, 0.4) is 0 Å². The summed E-state index contributed by atoms with van der Waals surface area (Å²) >= 11 is 0. The maximum atomic E-state index is 9.96. The maximum absolute atomic E-state index is 9.96. The van der Waals surface area contributed by atoms with Gasteiger partial charge in [0.05, 0.1) is 24.2 Å². The highest BCUT2D eigenvalue weighted by Gasteiger charge is 2.16. The van der Waals surface area contributed by atoms with Gasteiger partial charge in [-0.05, 0) is 25.1 Å². The fourth-order valence-electron chi connectivity index (χ4n) is 2.79. The van der Waals surface area contributed by atoms with Crippen LogP contribution < -0.4 is 5.73 Å². The molecular formula is C15H22N4O2. The van der Waals surface area contributed by atoms with E-state index in [0.29, 0.717) is 11.5 Å². The number of morpholine rings is 1. The second-order valence-corrected chi connectivity index (χ2v) is 5.50. The molecule has 6 heteroatoms. The number of nitrogens with zero attached hydrogens (tertiary/aromatic N) is 3. The highest BCUT2D eigenvalue weighted by Crippen LogP contribution is 2.22. The average Bonchev–Trinajstić information content (AvgIpc) is 2.84. The predicted octanol–water partition coefficient (Wildman–Crippen LogP) is 1.00. The minimum atomic E-state index is -0.594. The van der Waals surface area contributed by atoms with Crippen molar-refractivity contribution >= 4 is 16.7 Å². The highest BCUT2D eigenvalue weighted by molar-refractivity contribution is 5.79. The molecule has 0 spiro atoms. The quantitative estimate of drug-likeness (QED) is 0.822. The van der Waals surface area contributed by atoms with Gasteiger partial charge in [-0.3, -0.25) is 4.90 Å². The molecule has 1 atom stereocenters. The van der Waals surface area contributed by atoms with Crippen LogP contribution in [-0.2, 0) is 11.3 Å². The van der Waals surface area contributed by atoms with E-state index in [1.807, 2.05) is 18.2 Å². The van der Waals surface area contributed by atoms with Crippen LogP contribution in [0.5, 0.6) is 0 Å². The van der Waals surface area contributed by atoms with Gasteiger partial charge in [-0.1, -0.05) is 0 Å². The molecule has 2 heterocycles. The first-order valence-corrected chi connectivity index (χ1v) is 7.39. The van der Waals surface area contributed by atoms with Gasteiger partial charge in [0.15, 0.2) is 0 Å². The number of fused-ring (bicyclic) bond motifs is 1. The second-order valence-electron chi connectivity index (χ2n) is 5.50. The number of anilines is 1. The molecule has 1 aromatic carbocycles. The van der Waals surface area contributed by atoms with Crippen molar-refractivity contribution in [1.29, 1.82) is 0 Å². The van der Waals surface area contributed by atoms with Crippen LogP contribution >= 0.6 is 0 Å². The van der Waals surface area contributed by atoms with Crippen molar-refractivity contribution in [3.8, 4) is 0 Å². The van der Waals surface area contributed by atoms with Gasteiger partial charge in [0.1, 0.15) is 11.9 Å². The molecule has 1 aromatic heterocycles. The Kier molecular flexibility index (Phi) is 4.10. The van der Waals surface area contributed by atoms with Crippen molar-refractivity contribution in [3.05, 3.63) is 24.0 Å². The summed E-state index contributed by atoms with van der Waals surface area (Å²) in [6.07, 6.45) is -0.594. The van der Waals surface area contributed by atoms with Crippen molar-refractivity contribution in [2.24, 2.45) is 0 Å². The van der Waals surface area contributed by atoms with Gasteiger partial charge in [-0.15, -0.1) is 0 Å². The van der Waals surface area contributed by atoms with Gasteiger partial charge in [0.25, 0.3) is 0 Å². The zero-order chi connectivity index (χ0) is 14.8. The average molecular weight is 290 g/mol. The summed E-state index contributed by atoms with van der Waals surface area (Å²) < 4.78 is 7.46. The molecule has 6 nitrogen and oxygen atoms in total. The monoisotopic (exact) mass is 290 g/mol. The maximum Gasteiger partial charge on any atom is 0.138 e. The van der Waals surface area contributed by atoms with E-state index >= 15 is 0 Å². The first kappa shape index (κ1) is 14.3. The van der Waals surface area contributed by atoms with E-state index in [9.17, 15) is 5.11 Å². The fraction of sp³-hybridized carbons (Fsp3) is 0.533. The van der Waals surface area contributed by atoms with Crippen molar-refractivity contribution in [2.75, 3.05) is 38.6 Å². The molecule has 1 saturated heterocycles. The zero-order valence-electron chi connectivity index (χ0n) is 12.3. The molecule has 0 amide bonds. The topological polar surface area (TPSA) is 76.5 Å². The van der Waals surface area contributed by atoms with Crippen molar-refractivity contribution < 1.29 is 9.84 Å². The zero-order valence-corrected chi connectivity index (χ0v) is 12.3. The Hall–Kier alpha value is -1.63. The van der Waals surface area contributed by atoms with Crippen molar-refractivity contribution in [1.82, 2.24) is 14.5 Å². The molecule has 0 aliphatic carbocycles. The van der Waals surface area contributed by atoms with Gasteiger partial charge < -0.3 is 20.1 Å². The van der Waals surface area contributed by atoms with Gasteiger partial charge in [0, 0.05) is 31.9 Å². The van der Waals surface area contributed by atoms with Crippen LogP contribution in [-0.4, -0.2) is 52.4 Å². The molecule has 3 N–H and O–H groups in total. The number of hydrogen-bond donors (Lipinski definition) is 2. The number of aromatic nitrogens is 2. The molecule has 2 aromatic rings. The van der Waals surface area contributed by atoms with Crippen molar-refractivity contribution in [2.45, 2.75) is 19.6 Å². The van der Waals surface area contributed by atoms with E-state index in [1.165, 1.54) is 0 Å². The van der Waals surface area contributed by atoms with E-state index in [2.05, 4.69) is 14.5 Å². The Balaban J connectivity index is 1.86. The summed E-state index contributed by atoms with van der Waals surface area (Å²) in [5, 5.41) is 9.96. The van der Waals surface area contributed by atoms with Gasteiger partial charge >= 0.3 is 0 Å². The van der Waals surface area contributed by atoms with Crippen LogP contribution in [0.15, 0.2) is 18.2 Å². The smallest absolute Gasteiger partial charge is 0.138 e. The Morgan fingerprint density at radius 3 is 2.81 bits per heavy atom. The minimum absolute atomic E-state index is 0.594. The van der Waals surface area contributed by atoms with Crippen LogP contribution in [0.1, 0.15) is 18.9 Å². The molecule has 0 saturated carbocycles. The molecule has 21 heavy (non-hydrogen) atoms. The number of ether oxygens (including phenoxy) is 1. The number of rotatable bonds is 4. The molecule has 1 unspecified atom stereocenters. The second kappa shape index (κ2) is 6.01. The standard InChI is InChI=1S/C15H22N4O2/c1-11(20)15-17-13-10-12(16)2-3-14(13)19(15)5-4-18-6-8-21-9-7-18/h2-3,10-11,20H,4-9,16H2,1H3. The number of hydrogen-bond acceptors (Lipinski definition) is 5. The largest absolute Gasteiger partial charge is 0.399 e. The van der Waals surface area contributed by atoms with Gasteiger partial charge in [-0.2, -0.15) is 0 Å². The summed E-state index contributed by atoms with van der Waals surface area (Å²) in [4.78, 5) is 6.90. The molecule has 1 aliphatic heterocycles. The molecule has 114 valence electrons. The predicted molar refractivity (Wildman–Crippen MR) is 82.0 cm³/mol. The number of benzene rings is 1. The number of aliphatic hydroxyl groups excluding tert-OH is 1. The van der Waals surface area contributed by atoms with Gasteiger partial charge in [-0.25, -0.2) is 4.98 Å². The minimum Gasteiger partial charge on any atom is -0.399 e. The molecule has 1 aliphatic rings. The SMILES string of the molecule is CC(O)c1nc2cc(N)ccc2n1CCN1CCOCC1. The first-order valence-electron chi connectivity index (χ1n) is 7.39. The molecule has 0 radical (unpaired) electrons. The van der Waals surface area contributed by atoms with E-state index in [-0.39, 0.29) is 0 Å². The highest BCUT2D eigenvalue weighted by atomic mass is 16.5. The van der Waals surface area contributed by atoms with E-state index < -0.39 is 6.10 Å². The Labute approximate surface area is 124 Å². The van der Waals surface area contributed by atoms with Crippen LogP contribution in [0.25, 0.3) is 11.0 Å². The molecule has 1 fully saturated rings. The third-order valence-corrected chi connectivity index (χ3v) is 3.92. The summed E-state index contributed by atoms with van der Waals surface area (Å²) in [5.74, 6) is 0.698. The lowest BCUT2D eigenvalue weighted by molar-refractivity contribution is 0.0361. The van der Waals surface area contributed by atoms with Crippen LogP contribution in [0.2, 0.25) is 0 Å². The number of nitrogen functional groups attached to an aromatic ring is 1. The Morgan fingerprint density at radius 1 is 1.33 bits per heavy atom. The van der Waals surface area contributed by atoms with Crippen LogP contribution in [0.4, 0.5) is 5.69 Å². The summed E-state index contributed by atoms with van der Waals surface area (Å²) in [6.45, 7) is 7.00.